The van der Waals surface area contributed by atoms with Gasteiger partial charge >= 0.3 is 12.2 Å². The Labute approximate surface area is 479 Å². The van der Waals surface area contributed by atoms with Crippen molar-refractivity contribution in [2.45, 2.75) is 77.4 Å². The van der Waals surface area contributed by atoms with Crippen LogP contribution in [-0.2, 0) is 22.3 Å². The first-order valence-corrected chi connectivity index (χ1v) is 28.3. The Balaban J connectivity index is 0.000000172. The van der Waals surface area contributed by atoms with Gasteiger partial charge in [0.25, 0.3) is 0 Å². The highest BCUT2D eigenvalue weighted by Crippen LogP contribution is 2.46. The number of benzene rings is 8. The number of fused-ring (bicyclic) bond motifs is 4. The molecule has 12 aromatic rings. The second kappa shape index (κ2) is 23.7. The lowest BCUT2D eigenvalue weighted by Crippen LogP contribution is -2.33. The first kappa shape index (κ1) is 54.4. The maximum absolute atomic E-state index is 12.5. The Hall–Kier alpha value is -9.54. The van der Waals surface area contributed by atoms with E-state index in [0.717, 1.165) is 77.5 Å². The van der Waals surface area contributed by atoms with E-state index in [-0.39, 0.29) is 11.8 Å². The molecule has 0 saturated carbocycles. The highest BCUT2D eigenvalue weighted by atomic mass is 16.6. The van der Waals surface area contributed by atoms with Gasteiger partial charge < -0.3 is 40.0 Å². The van der Waals surface area contributed by atoms with Crippen LogP contribution in [0.3, 0.4) is 0 Å². The number of amides is 2. The average Bonchev–Trinajstić information content (AvgIpc) is 4.42. The van der Waals surface area contributed by atoms with Crippen LogP contribution in [0.2, 0.25) is 0 Å². The van der Waals surface area contributed by atoms with E-state index in [1.54, 1.807) is 0 Å². The molecule has 0 aliphatic rings. The summed E-state index contributed by atoms with van der Waals surface area (Å²) in [6.45, 7) is 12.2. The molecule has 2 amide bonds. The van der Waals surface area contributed by atoms with Gasteiger partial charge in [-0.15, -0.1) is 0 Å². The molecule has 10 nitrogen and oxygen atoms in total. The van der Waals surface area contributed by atoms with E-state index in [4.69, 9.17) is 9.47 Å². The number of hydrogen-bond donors (Lipinski definition) is 6. The molecule has 0 saturated heterocycles. The maximum atomic E-state index is 12.5. The second-order valence-electron chi connectivity index (χ2n) is 22.8. The van der Waals surface area contributed by atoms with E-state index in [1.165, 1.54) is 33.4 Å². The van der Waals surface area contributed by atoms with Gasteiger partial charge in [-0.3, -0.25) is 0 Å². The fraction of sp³-hybridized carbons (Fsp3) is 0.194. The van der Waals surface area contributed by atoms with Gasteiger partial charge in [0.15, 0.2) is 0 Å². The zero-order valence-corrected chi connectivity index (χ0v) is 47.4. The third-order valence-corrected chi connectivity index (χ3v) is 14.8. The first-order chi connectivity index (χ1) is 39.8. The van der Waals surface area contributed by atoms with Crippen LogP contribution >= 0.6 is 0 Å². The zero-order valence-electron chi connectivity index (χ0n) is 47.4. The number of H-pyrrole nitrogens is 4. The van der Waals surface area contributed by atoms with Crippen LogP contribution in [0.5, 0.6) is 0 Å². The van der Waals surface area contributed by atoms with Crippen LogP contribution in [0.1, 0.15) is 98.1 Å². The number of carbonyl (C=O) groups excluding carboxylic acids is 2. The van der Waals surface area contributed by atoms with Crippen molar-refractivity contribution >= 4 is 55.8 Å². The summed E-state index contributed by atoms with van der Waals surface area (Å²) < 4.78 is 11.0. The van der Waals surface area contributed by atoms with Gasteiger partial charge in [0.2, 0.25) is 0 Å². The lowest BCUT2D eigenvalue weighted by molar-refractivity contribution is 0.0517. The van der Waals surface area contributed by atoms with Crippen molar-refractivity contribution in [1.29, 1.82) is 0 Å². The lowest BCUT2D eigenvalue weighted by atomic mass is 9.85. The Kier molecular flexibility index (Phi) is 15.7. The third-order valence-electron chi connectivity index (χ3n) is 14.8. The van der Waals surface area contributed by atoms with Gasteiger partial charge in [-0.1, -0.05) is 194 Å². The van der Waals surface area contributed by atoms with Crippen molar-refractivity contribution in [3.8, 4) is 22.5 Å². The van der Waals surface area contributed by atoms with Crippen molar-refractivity contribution < 1.29 is 19.1 Å². The first-order valence-electron chi connectivity index (χ1n) is 28.3. The molecule has 0 atom stereocenters. The summed E-state index contributed by atoms with van der Waals surface area (Å²) in [6.07, 6.45) is 0.498. The van der Waals surface area contributed by atoms with E-state index in [2.05, 4.69) is 249 Å². The second-order valence-corrected chi connectivity index (χ2v) is 22.8. The molecule has 0 fully saturated rings. The number of alkyl carbamates (subject to hydrolysis) is 2. The minimum Gasteiger partial charge on any atom is -0.444 e. The number of carbonyl (C=O) groups is 2. The number of aromatic amines is 4. The van der Waals surface area contributed by atoms with Crippen LogP contribution in [0.15, 0.2) is 218 Å². The van der Waals surface area contributed by atoms with Crippen molar-refractivity contribution in [3.63, 3.8) is 0 Å². The van der Waals surface area contributed by atoms with E-state index in [0.29, 0.717) is 25.9 Å². The molecule has 0 unspecified atom stereocenters. The molecule has 0 spiro atoms. The maximum Gasteiger partial charge on any atom is 0.407 e. The molecule has 412 valence electrons. The van der Waals surface area contributed by atoms with Crippen LogP contribution in [0, 0.1) is 0 Å². The largest absolute Gasteiger partial charge is 0.444 e. The van der Waals surface area contributed by atoms with E-state index in [9.17, 15) is 9.59 Å². The fourth-order valence-corrected chi connectivity index (χ4v) is 11.5. The van der Waals surface area contributed by atoms with Gasteiger partial charge in [0, 0.05) is 91.1 Å². The third kappa shape index (κ3) is 12.0. The molecule has 12 rings (SSSR count). The SMILES string of the molecule is CC(C)(C)OC(=O)NCCc1c(-c2c(C(c3ccccc3)c3ccccc3)[nH]c3ccccc23)[nH]c2ccccc12.CC(C)(C)OC(=O)NCCc1c(-c2c(C(c3ccccc3)c3ccccc3)[nH]c3ccccc23)[nH]c2ccccc12. The van der Waals surface area contributed by atoms with Gasteiger partial charge in [-0.25, -0.2) is 9.59 Å². The summed E-state index contributed by atoms with van der Waals surface area (Å²) in [5.74, 6) is -0.00194. The molecule has 4 heterocycles. The molecule has 0 aliphatic heterocycles. The molecule has 8 aromatic carbocycles. The quantitative estimate of drug-likeness (QED) is 0.0645. The van der Waals surface area contributed by atoms with E-state index >= 15 is 0 Å². The molecule has 82 heavy (non-hydrogen) atoms. The average molecular weight is 1080 g/mol. The van der Waals surface area contributed by atoms with Gasteiger partial charge in [0.1, 0.15) is 11.2 Å². The summed E-state index contributed by atoms with van der Waals surface area (Å²) in [5.41, 5.74) is 17.2. The topological polar surface area (TPSA) is 140 Å². The Morgan fingerprint density at radius 1 is 0.366 bits per heavy atom. The zero-order chi connectivity index (χ0) is 56.8. The summed E-state index contributed by atoms with van der Waals surface area (Å²) >= 11 is 0. The summed E-state index contributed by atoms with van der Waals surface area (Å²) in [5, 5.41) is 10.5. The van der Waals surface area contributed by atoms with E-state index in [1.807, 2.05) is 41.5 Å². The van der Waals surface area contributed by atoms with E-state index < -0.39 is 23.4 Å². The standard InChI is InChI=1S/2C36H35N3O2/c2*1-36(2,3)41-35(40)37-23-22-27-26-18-10-12-20-29(26)38-33(27)32-28-19-11-13-21-30(28)39-34(32)31(24-14-6-4-7-15-24)25-16-8-5-9-17-25/h2*4-21,31,38-39H,22-23H2,1-3H3,(H,37,40). The van der Waals surface area contributed by atoms with Crippen LogP contribution in [0.4, 0.5) is 9.59 Å². The lowest BCUT2D eigenvalue weighted by Gasteiger charge is -2.20. The van der Waals surface area contributed by atoms with Gasteiger partial charge in [-0.05, 0) is 112 Å². The molecular weight excluding hydrogens is 1010 g/mol. The molecule has 0 radical (unpaired) electrons. The number of rotatable bonds is 14. The number of para-hydroxylation sites is 4. The normalized spacial score (nSPS) is 11.8. The molecule has 0 aliphatic carbocycles. The molecule has 10 heteroatoms. The minimum absolute atomic E-state index is 0.000972. The van der Waals surface area contributed by atoms with Crippen LogP contribution in [-0.4, -0.2) is 56.4 Å². The van der Waals surface area contributed by atoms with Gasteiger partial charge in [0.05, 0.1) is 11.4 Å². The predicted molar refractivity (Wildman–Crippen MR) is 335 cm³/mol. The van der Waals surface area contributed by atoms with Crippen molar-refractivity contribution in [2.75, 3.05) is 13.1 Å². The monoisotopic (exact) mass is 1080 g/mol. The molecule has 6 N–H and O–H groups in total. The summed E-state index contributed by atoms with van der Waals surface area (Å²) in [7, 11) is 0. The van der Waals surface area contributed by atoms with Crippen LogP contribution in [0.25, 0.3) is 66.1 Å². The molecular formula is C72H70N6O4. The highest BCUT2D eigenvalue weighted by Gasteiger charge is 2.30. The summed E-state index contributed by atoms with van der Waals surface area (Å²) in [4.78, 5) is 40.1. The molecule has 0 bridgehead atoms. The van der Waals surface area contributed by atoms with Crippen LogP contribution < -0.4 is 10.6 Å². The van der Waals surface area contributed by atoms with Crippen molar-refractivity contribution in [3.05, 3.63) is 263 Å². The number of aromatic nitrogens is 4. The Morgan fingerprint density at radius 2 is 0.634 bits per heavy atom. The summed E-state index contributed by atoms with van der Waals surface area (Å²) in [6, 6.07) is 76.4. The minimum atomic E-state index is -0.543. The van der Waals surface area contributed by atoms with Gasteiger partial charge in [-0.2, -0.15) is 0 Å². The highest BCUT2D eigenvalue weighted by molar-refractivity contribution is 6.04. The number of nitrogens with one attached hydrogen (secondary N) is 6. The number of ether oxygens (including phenoxy) is 2. The van der Waals surface area contributed by atoms with Crippen molar-refractivity contribution in [2.24, 2.45) is 0 Å². The number of hydrogen-bond acceptors (Lipinski definition) is 4. The Morgan fingerprint density at radius 3 is 0.939 bits per heavy atom. The van der Waals surface area contributed by atoms with Crippen molar-refractivity contribution in [1.82, 2.24) is 30.6 Å². The molecule has 4 aromatic heterocycles. The Bertz CT molecular complexity index is 3780. The fourth-order valence-electron chi connectivity index (χ4n) is 11.5. The predicted octanol–water partition coefficient (Wildman–Crippen LogP) is 17.1. The smallest absolute Gasteiger partial charge is 0.407 e.